The summed E-state index contributed by atoms with van der Waals surface area (Å²) in [6.45, 7) is 9.81. The van der Waals surface area contributed by atoms with Crippen molar-refractivity contribution in [2.75, 3.05) is 5.32 Å². The highest BCUT2D eigenvalue weighted by atomic mass is 16.5. The number of benzene rings is 1. The van der Waals surface area contributed by atoms with E-state index in [1.807, 2.05) is 58.0 Å². The molecule has 0 saturated carbocycles. The topological polar surface area (TPSA) is 45.7 Å². The molecule has 0 saturated heterocycles. The van der Waals surface area contributed by atoms with Crippen molar-refractivity contribution in [3.8, 4) is 0 Å². The van der Waals surface area contributed by atoms with Gasteiger partial charge in [0.05, 0.1) is 0 Å². The summed E-state index contributed by atoms with van der Waals surface area (Å²) in [4.78, 5) is 0. The molecule has 0 spiro atoms. The minimum atomic E-state index is -0.248. The third-order valence-corrected chi connectivity index (χ3v) is 1.70. The molecule has 4 heteroatoms. The zero-order valence-corrected chi connectivity index (χ0v) is 11.3. The van der Waals surface area contributed by atoms with Crippen LogP contribution in [0.4, 0.5) is 5.69 Å². The predicted molar refractivity (Wildman–Crippen MR) is 76.0 cm³/mol. The Morgan fingerprint density at radius 3 is 2.24 bits per heavy atom. The van der Waals surface area contributed by atoms with Crippen LogP contribution in [0.1, 0.15) is 36.0 Å². The van der Waals surface area contributed by atoms with Crippen molar-refractivity contribution in [1.29, 1.82) is 0 Å². The van der Waals surface area contributed by atoms with Gasteiger partial charge in [-0.25, -0.2) is 0 Å². The Labute approximate surface area is 106 Å². The highest BCUT2D eigenvalue weighted by molar-refractivity contribution is 5.74. The number of hydrazone groups is 1. The van der Waals surface area contributed by atoms with E-state index in [0.717, 1.165) is 5.69 Å². The average molecular weight is 239 g/mol. The lowest BCUT2D eigenvalue weighted by atomic mass is 10.3. The lowest BCUT2D eigenvalue weighted by molar-refractivity contribution is 0.216. The van der Waals surface area contributed by atoms with E-state index in [1.165, 1.54) is 0 Å². The molecule has 0 amide bonds. The van der Waals surface area contributed by atoms with Crippen LogP contribution < -0.4 is 10.7 Å². The molecule has 0 aliphatic carbocycles. The van der Waals surface area contributed by atoms with Gasteiger partial charge in [-0.2, -0.15) is 0 Å². The summed E-state index contributed by atoms with van der Waals surface area (Å²) in [6, 6.07) is 9.84. The molecule has 4 nitrogen and oxygen atoms in total. The first-order valence-electron chi connectivity index (χ1n) is 6.13. The van der Waals surface area contributed by atoms with Gasteiger partial charge in [0, 0.05) is 14.0 Å². The van der Waals surface area contributed by atoms with Crippen molar-refractivity contribution in [1.82, 2.24) is 5.43 Å². The van der Waals surface area contributed by atoms with Crippen molar-refractivity contribution in [3.05, 3.63) is 30.3 Å². The van der Waals surface area contributed by atoms with Crippen molar-refractivity contribution in [3.63, 3.8) is 0 Å². The average Bonchev–Trinajstić information content (AvgIpc) is 2.81. The van der Waals surface area contributed by atoms with Crippen LogP contribution in [0, 0.1) is 0 Å². The molecule has 1 aliphatic heterocycles. The van der Waals surface area contributed by atoms with Crippen LogP contribution in [0.2, 0.25) is 0 Å². The van der Waals surface area contributed by atoms with E-state index < -0.39 is 0 Å². The summed E-state index contributed by atoms with van der Waals surface area (Å²) in [5.74, 6) is 0.647. The van der Waals surface area contributed by atoms with Crippen LogP contribution in [0.15, 0.2) is 35.4 Å². The fourth-order valence-electron chi connectivity index (χ4n) is 1.12. The second kappa shape index (κ2) is 9.51. The van der Waals surface area contributed by atoms with Gasteiger partial charge < -0.3 is 10.1 Å². The van der Waals surface area contributed by atoms with Crippen LogP contribution in [-0.2, 0) is 4.74 Å². The van der Waals surface area contributed by atoms with Crippen molar-refractivity contribution in [2.24, 2.45) is 5.10 Å². The zero-order chi connectivity index (χ0) is 13.1. The third-order valence-electron chi connectivity index (χ3n) is 1.70. The molecule has 98 valence electrons. The van der Waals surface area contributed by atoms with Gasteiger partial charge in [-0.3, -0.25) is 5.43 Å². The Kier molecular flexibility index (Phi) is 8.55. The van der Waals surface area contributed by atoms with Gasteiger partial charge in [0.25, 0.3) is 6.35 Å². The van der Waals surface area contributed by atoms with Crippen molar-refractivity contribution >= 4 is 11.6 Å². The minimum absolute atomic E-state index is 0. The third kappa shape index (κ3) is 5.80. The molecule has 0 fully saturated rings. The maximum absolute atomic E-state index is 5.29. The summed E-state index contributed by atoms with van der Waals surface area (Å²) >= 11 is 0. The van der Waals surface area contributed by atoms with Crippen molar-refractivity contribution in [2.45, 2.75) is 41.0 Å². The number of para-hydroxylation sites is 1. The minimum Gasteiger partial charge on any atom is -0.437 e. The lowest BCUT2D eigenvalue weighted by Crippen LogP contribution is -2.30. The molecular weight excluding hydrogens is 214 g/mol. The largest absolute Gasteiger partial charge is 0.437 e. The SMILES string of the molecule is CC.CC.CC1=NNC(Nc2ccccc2)O1.[HH]. The fourth-order valence-corrected chi connectivity index (χ4v) is 1.12. The maximum atomic E-state index is 5.29. The number of ether oxygens (including phenoxy) is 1. The van der Waals surface area contributed by atoms with E-state index >= 15 is 0 Å². The quantitative estimate of drug-likeness (QED) is 0.828. The van der Waals surface area contributed by atoms with E-state index in [4.69, 9.17) is 4.74 Å². The smallest absolute Gasteiger partial charge is 0.264 e. The second-order valence-corrected chi connectivity index (χ2v) is 2.77. The molecule has 0 bridgehead atoms. The highest BCUT2D eigenvalue weighted by Gasteiger charge is 2.14. The monoisotopic (exact) mass is 239 g/mol. The Morgan fingerprint density at radius 2 is 1.76 bits per heavy atom. The molecule has 0 radical (unpaired) electrons. The number of hydrogen-bond acceptors (Lipinski definition) is 4. The summed E-state index contributed by atoms with van der Waals surface area (Å²) in [5, 5.41) is 7.02. The normalized spacial score (nSPS) is 16.1. The Hall–Kier alpha value is -1.71. The van der Waals surface area contributed by atoms with E-state index in [1.54, 1.807) is 6.92 Å². The number of nitrogens with zero attached hydrogens (tertiary/aromatic N) is 1. The Morgan fingerprint density at radius 1 is 1.18 bits per heavy atom. The van der Waals surface area contributed by atoms with Crippen molar-refractivity contribution < 1.29 is 6.16 Å². The van der Waals surface area contributed by atoms with E-state index in [2.05, 4.69) is 15.8 Å². The molecule has 1 aromatic rings. The van der Waals surface area contributed by atoms with Gasteiger partial charge in [-0.1, -0.05) is 45.9 Å². The number of hydrogen-bond donors (Lipinski definition) is 2. The number of nitrogens with one attached hydrogen (secondary N) is 2. The molecular formula is C13H25N3O. The molecule has 2 rings (SSSR count). The maximum Gasteiger partial charge on any atom is 0.264 e. The summed E-state index contributed by atoms with van der Waals surface area (Å²) in [7, 11) is 0. The van der Waals surface area contributed by atoms with E-state index in [9.17, 15) is 0 Å². The standard InChI is InChI=1S/C9H11N3O.2C2H6.H2/c1-7-11-12-9(13-7)10-8-5-3-2-4-6-8;2*1-2;/h2-6,9-10,12H,1H3;2*1-2H3;1H. The van der Waals surface area contributed by atoms with E-state index in [-0.39, 0.29) is 7.78 Å². The van der Waals surface area contributed by atoms with Gasteiger partial charge in [0.15, 0.2) is 0 Å². The lowest BCUT2D eigenvalue weighted by Gasteiger charge is -2.13. The zero-order valence-electron chi connectivity index (χ0n) is 11.3. The van der Waals surface area contributed by atoms with Gasteiger partial charge in [-0.15, -0.1) is 5.10 Å². The van der Waals surface area contributed by atoms with Crippen LogP contribution in [0.5, 0.6) is 0 Å². The van der Waals surface area contributed by atoms with Crippen LogP contribution in [0.25, 0.3) is 0 Å². The fraction of sp³-hybridized carbons (Fsp3) is 0.462. The molecule has 1 unspecified atom stereocenters. The van der Waals surface area contributed by atoms with Gasteiger partial charge in [0.2, 0.25) is 5.90 Å². The van der Waals surface area contributed by atoms with Gasteiger partial charge in [-0.05, 0) is 12.1 Å². The second-order valence-electron chi connectivity index (χ2n) is 2.77. The van der Waals surface area contributed by atoms with Crippen LogP contribution in [-0.4, -0.2) is 12.2 Å². The first-order chi connectivity index (χ1) is 8.34. The van der Waals surface area contributed by atoms with Crippen LogP contribution >= 0.6 is 0 Å². The molecule has 0 aromatic heterocycles. The highest BCUT2D eigenvalue weighted by Crippen LogP contribution is 2.08. The summed E-state index contributed by atoms with van der Waals surface area (Å²) < 4.78 is 5.29. The first-order valence-corrected chi connectivity index (χ1v) is 6.13. The number of anilines is 1. The van der Waals surface area contributed by atoms with Crippen LogP contribution in [0.3, 0.4) is 0 Å². The summed E-state index contributed by atoms with van der Waals surface area (Å²) in [6.07, 6.45) is -0.248. The molecule has 2 N–H and O–H groups in total. The molecule has 1 atom stereocenters. The number of rotatable bonds is 2. The van der Waals surface area contributed by atoms with Gasteiger partial charge in [0.1, 0.15) is 0 Å². The predicted octanol–water partition coefficient (Wildman–Crippen LogP) is 3.63. The molecule has 1 heterocycles. The molecule has 1 aliphatic rings. The molecule has 17 heavy (non-hydrogen) atoms. The first kappa shape index (κ1) is 15.3. The molecule has 1 aromatic carbocycles. The Bertz CT molecular complexity index is 317. The Balaban J connectivity index is 0. The van der Waals surface area contributed by atoms with Gasteiger partial charge >= 0.3 is 0 Å². The van der Waals surface area contributed by atoms with E-state index in [0.29, 0.717) is 5.90 Å². The summed E-state index contributed by atoms with van der Waals surface area (Å²) in [5.41, 5.74) is 3.81.